The lowest BCUT2D eigenvalue weighted by Gasteiger charge is -2.10. The van der Waals surface area contributed by atoms with E-state index in [9.17, 15) is 13.5 Å². The number of hydrogen-bond donors (Lipinski definition) is 2. The lowest BCUT2D eigenvalue weighted by atomic mass is 10.0. The van der Waals surface area contributed by atoms with Crippen LogP contribution in [-0.4, -0.2) is 29.4 Å². The maximum atomic E-state index is 10.9. The minimum Gasteiger partial charge on any atom is -0.393 e. The van der Waals surface area contributed by atoms with Crippen molar-refractivity contribution in [2.24, 2.45) is 0 Å². The summed E-state index contributed by atoms with van der Waals surface area (Å²) in [5.41, 5.74) is 0. The van der Waals surface area contributed by atoms with Crippen molar-refractivity contribution in [2.75, 3.05) is 0 Å². The van der Waals surface area contributed by atoms with Crippen molar-refractivity contribution in [3.05, 3.63) is 0 Å². The van der Waals surface area contributed by atoms with E-state index in [1.807, 2.05) is 0 Å². The minimum atomic E-state index is -3.85. The molecule has 0 saturated carbocycles. The monoisotopic (exact) mass is 434 g/mol. The molecule has 29 heavy (non-hydrogen) atoms. The molecule has 0 bridgehead atoms. The fraction of sp³-hybridized carbons (Fsp3) is 1.00. The Morgan fingerprint density at radius 2 is 0.897 bits per heavy atom. The van der Waals surface area contributed by atoms with Crippen LogP contribution in [0.15, 0.2) is 0 Å². The van der Waals surface area contributed by atoms with Crippen molar-refractivity contribution in [1.82, 2.24) is 0 Å². The molecule has 2 atom stereocenters. The van der Waals surface area contributed by atoms with Crippen molar-refractivity contribution in [1.29, 1.82) is 0 Å². The zero-order chi connectivity index (χ0) is 21.8. The van der Waals surface area contributed by atoms with Crippen LogP contribution in [0.1, 0.15) is 142 Å². The summed E-state index contributed by atoms with van der Waals surface area (Å²) in [6, 6.07) is 0. The van der Waals surface area contributed by atoms with Gasteiger partial charge in [0, 0.05) is 0 Å². The lowest BCUT2D eigenvalue weighted by Crippen LogP contribution is -2.16. The third-order valence-electron chi connectivity index (χ3n) is 6.05. The zero-order valence-corrected chi connectivity index (χ0v) is 20.2. The van der Waals surface area contributed by atoms with Gasteiger partial charge < -0.3 is 5.11 Å². The Kier molecular flexibility index (Phi) is 19.7. The fourth-order valence-electron chi connectivity index (χ4n) is 3.86. The highest BCUT2D eigenvalue weighted by molar-refractivity contribution is 7.86. The molecule has 0 fully saturated rings. The first-order valence-electron chi connectivity index (χ1n) is 12.5. The molecule has 0 aliphatic carbocycles. The van der Waals surface area contributed by atoms with Crippen LogP contribution in [0.4, 0.5) is 0 Å². The third kappa shape index (κ3) is 20.9. The summed E-state index contributed by atoms with van der Waals surface area (Å²) in [5.74, 6) is 0. The molecule has 0 aromatic carbocycles. The molecule has 176 valence electrons. The molecule has 0 spiro atoms. The van der Waals surface area contributed by atoms with Crippen LogP contribution in [-0.2, 0) is 10.1 Å². The highest BCUT2D eigenvalue weighted by Gasteiger charge is 2.15. The number of unbranched alkanes of at least 4 members (excludes halogenated alkanes) is 15. The van der Waals surface area contributed by atoms with Crippen LogP contribution in [0.2, 0.25) is 0 Å². The molecule has 0 amide bonds. The van der Waals surface area contributed by atoms with Gasteiger partial charge in [-0.25, -0.2) is 0 Å². The molecular formula is C24H50O4S. The maximum absolute atomic E-state index is 10.9. The molecule has 2 unspecified atom stereocenters. The van der Waals surface area contributed by atoms with Gasteiger partial charge >= 0.3 is 0 Å². The van der Waals surface area contributed by atoms with E-state index < -0.39 is 15.4 Å². The normalized spacial score (nSPS) is 14.2. The van der Waals surface area contributed by atoms with Gasteiger partial charge in [-0.15, -0.1) is 0 Å². The molecular weight excluding hydrogens is 384 g/mol. The van der Waals surface area contributed by atoms with Crippen LogP contribution in [0.5, 0.6) is 0 Å². The number of rotatable bonds is 22. The van der Waals surface area contributed by atoms with Gasteiger partial charge in [-0.3, -0.25) is 4.55 Å². The topological polar surface area (TPSA) is 74.6 Å². The van der Waals surface area contributed by atoms with Gasteiger partial charge in [0.1, 0.15) is 0 Å². The van der Waals surface area contributed by atoms with E-state index in [-0.39, 0.29) is 6.10 Å². The number of aliphatic hydroxyl groups is 1. The summed E-state index contributed by atoms with van der Waals surface area (Å²) in [4.78, 5) is 0. The van der Waals surface area contributed by atoms with Crippen LogP contribution < -0.4 is 0 Å². The quantitative estimate of drug-likeness (QED) is 0.137. The molecule has 0 aromatic heterocycles. The highest BCUT2D eigenvalue weighted by Crippen LogP contribution is 2.16. The predicted molar refractivity (Wildman–Crippen MR) is 125 cm³/mol. The summed E-state index contributed by atoms with van der Waals surface area (Å²) in [6.45, 7) is 3.83. The Labute approximate surface area is 182 Å². The molecule has 0 radical (unpaired) electrons. The summed E-state index contributed by atoms with van der Waals surface area (Å²) < 4.78 is 30.8. The van der Waals surface area contributed by atoms with Crippen molar-refractivity contribution in [3.8, 4) is 0 Å². The molecule has 0 rings (SSSR count). The molecule has 0 aromatic rings. The SMILES string of the molecule is CCCCCCCCCCC(O)CCCCCCCCCCCC(C)S(=O)(=O)O. The van der Waals surface area contributed by atoms with Gasteiger partial charge in [-0.2, -0.15) is 8.42 Å². The third-order valence-corrected chi connectivity index (χ3v) is 7.30. The summed E-state index contributed by atoms with van der Waals surface area (Å²) in [7, 11) is -3.85. The molecule has 0 saturated heterocycles. The molecule has 0 aliphatic rings. The van der Waals surface area contributed by atoms with Gasteiger partial charge in [0.25, 0.3) is 10.1 Å². The smallest absolute Gasteiger partial charge is 0.267 e. The molecule has 0 heterocycles. The standard InChI is InChI=1S/C24H50O4S/c1-3-4-5-6-7-12-15-18-21-24(25)22-19-16-13-10-8-9-11-14-17-20-23(2)29(26,27)28/h23-25H,3-22H2,1-2H3,(H,26,27,28). The van der Waals surface area contributed by atoms with E-state index in [1.54, 1.807) is 6.92 Å². The molecule has 4 nitrogen and oxygen atoms in total. The Hall–Kier alpha value is -0.130. The van der Waals surface area contributed by atoms with Gasteiger partial charge in [0.05, 0.1) is 11.4 Å². The van der Waals surface area contributed by atoms with E-state index in [4.69, 9.17) is 4.55 Å². The van der Waals surface area contributed by atoms with Crippen LogP contribution in [0.25, 0.3) is 0 Å². The first-order chi connectivity index (χ1) is 13.9. The van der Waals surface area contributed by atoms with Crippen molar-refractivity contribution < 1.29 is 18.1 Å². The van der Waals surface area contributed by atoms with E-state index >= 15 is 0 Å². The maximum Gasteiger partial charge on any atom is 0.267 e. The zero-order valence-electron chi connectivity index (χ0n) is 19.4. The van der Waals surface area contributed by atoms with E-state index in [1.165, 1.54) is 83.5 Å². The van der Waals surface area contributed by atoms with Crippen LogP contribution in [0, 0.1) is 0 Å². The van der Waals surface area contributed by atoms with E-state index in [2.05, 4.69) is 6.92 Å². The van der Waals surface area contributed by atoms with Gasteiger partial charge in [0.2, 0.25) is 0 Å². The van der Waals surface area contributed by atoms with Gasteiger partial charge in [-0.05, 0) is 26.2 Å². The number of hydrogen-bond acceptors (Lipinski definition) is 3. The lowest BCUT2D eigenvalue weighted by molar-refractivity contribution is 0.147. The second-order valence-corrected chi connectivity index (χ2v) is 10.8. The fourth-order valence-corrected chi connectivity index (χ4v) is 4.32. The summed E-state index contributed by atoms with van der Waals surface area (Å²) in [5, 5.41) is 9.45. The van der Waals surface area contributed by atoms with Crippen LogP contribution in [0.3, 0.4) is 0 Å². The van der Waals surface area contributed by atoms with Crippen molar-refractivity contribution in [2.45, 2.75) is 154 Å². The Bertz CT molecular complexity index is 436. The molecule has 0 aliphatic heterocycles. The second-order valence-electron chi connectivity index (χ2n) is 9.00. The Morgan fingerprint density at radius 3 is 1.24 bits per heavy atom. The highest BCUT2D eigenvalue weighted by atomic mass is 32.2. The summed E-state index contributed by atoms with van der Waals surface area (Å²) in [6.07, 6.45) is 23.4. The number of aliphatic hydroxyl groups excluding tert-OH is 1. The first-order valence-corrected chi connectivity index (χ1v) is 14.0. The van der Waals surface area contributed by atoms with Crippen LogP contribution >= 0.6 is 0 Å². The average Bonchev–Trinajstić information content (AvgIpc) is 2.67. The molecule has 2 N–H and O–H groups in total. The summed E-state index contributed by atoms with van der Waals surface area (Å²) >= 11 is 0. The predicted octanol–water partition coefficient (Wildman–Crippen LogP) is 7.45. The first kappa shape index (κ1) is 28.9. The van der Waals surface area contributed by atoms with E-state index in [0.717, 1.165) is 38.5 Å². The van der Waals surface area contributed by atoms with Crippen molar-refractivity contribution in [3.63, 3.8) is 0 Å². The minimum absolute atomic E-state index is 0.0970. The molecule has 5 heteroatoms. The average molecular weight is 435 g/mol. The Balaban J connectivity index is 3.26. The van der Waals surface area contributed by atoms with Gasteiger partial charge in [0.15, 0.2) is 0 Å². The van der Waals surface area contributed by atoms with Crippen molar-refractivity contribution >= 4 is 10.1 Å². The second kappa shape index (κ2) is 19.8. The van der Waals surface area contributed by atoms with E-state index in [0.29, 0.717) is 6.42 Å². The Morgan fingerprint density at radius 1 is 0.586 bits per heavy atom. The van der Waals surface area contributed by atoms with Gasteiger partial charge in [-0.1, -0.05) is 116 Å². The largest absolute Gasteiger partial charge is 0.393 e.